The Balaban J connectivity index is 3.02. The van der Waals surface area contributed by atoms with Gasteiger partial charge in [0.2, 0.25) is 0 Å². The average Bonchev–Trinajstić information content (AvgIpc) is 2.26. The van der Waals surface area contributed by atoms with Crippen molar-refractivity contribution in [2.45, 2.75) is 46.1 Å². The number of aryl methyl sites for hydroxylation is 2. The van der Waals surface area contributed by atoms with Gasteiger partial charge < -0.3 is 0 Å². The first-order valence-corrected chi connectivity index (χ1v) is 5.52. The standard InChI is InChI=1S/C11H20N4/c1-4-6-11(13-12)9-7-8(3)14-15-10(9)5-2/h7,11,13H,4-6,12H2,1-3H3. The molecule has 1 aromatic rings. The number of hydrogen-bond acceptors (Lipinski definition) is 4. The molecule has 1 heterocycles. The third-order valence-electron chi connectivity index (χ3n) is 2.51. The maximum Gasteiger partial charge on any atom is 0.0676 e. The highest BCUT2D eigenvalue weighted by Crippen LogP contribution is 2.20. The maximum absolute atomic E-state index is 5.57. The largest absolute Gasteiger partial charge is 0.271 e. The molecule has 0 amide bonds. The molecule has 3 N–H and O–H groups in total. The normalized spacial score (nSPS) is 12.8. The number of nitrogens with zero attached hydrogens (tertiary/aromatic N) is 2. The average molecular weight is 208 g/mol. The Morgan fingerprint density at radius 2 is 2.13 bits per heavy atom. The molecule has 0 bridgehead atoms. The molecular weight excluding hydrogens is 188 g/mol. The van der Waals surface area contributed by atoms with Gasteiger partial charge in [0.05, 0.1) is 11.4 Å². The zero-order valence-electron chi connectivity index (χ0n) is 9.75. The SMILES string of the molecule is CCCC(NN)c1cc(C)nnc1CC. The summed E-state index contributed by atoms with van der Waals surface area (Å²) in [5.41, 5.74) is 6.02. The Kier molecular flexibility index (Phi) is 4.65. The minimum absolute atomic E-state index is 0.194. The Labute approximate surface area is 91.3 Å². The Morgan fingerprint density at radius 1 is 1.40 bits per heavy atom. The lowest BCUT2D eigenvalue weighted by Gasteiger charge is -2.17. The molecule has 1 unspecified atom stereocenters. The number of hydrogen-bond donors (Lipinski definition) is 2. The van der Waals surface area contributed by atoms with Crippen LogP contribution in [0.1, 0.15) is 49.7 Å². The molecule has 0 spiro atoms. The molecule has 0 aliphatic rings. The van der Waals surface area contributed by atoms with E-state index < -0.39 is 0 Å². The predicted molar refractivity (Wildman–Crippen MR) is 61.1 cm³/mol. The lowest BCUT2D eigenvalue weighted by molar-refractivity contribution is 0.502. The molecule has 1 rings (SSSR count). The number of nitrogens with two attached hydrogens (primary N) is 1. The van der Waals surface area contributed by atoms with Gasteiger partial charge in [0.25, 0.3) is 0 Å². The minimum Gasteiger partial charge on any atom is -0.271 e. The second kappa shape index (κ2) is 5.78. The summed E-state index contributed by atoms with van der Waals surface area (Å²) in [7, 11) is 0. The van der Waals surface area contributed by atoms with Crippen LogP contribution in [0.2, 0.25) is 0 Å². The van der Waals surface area contributed by atoms with Crippen molar-refractivity contribution in [3.8, 4) is 0 Å². The van der Waals surface area contributed by atoms with E-state index in [1.54, 1.807) is 0 Å². The molecule has 4 nitrogen and oxygen atoms in total. The van der Waals surface area contributed by atoms with E-state index in [-0.39, 0.29) is 6.04 Å². The number of rotatable bonds is 5. The Morgan fingerprint density at radius 3 is 2.67 bits per heavy atom. The zero-order chi connectivity index (χ0) is 11.3. The summed E-state index contributed by atoms with van der Waals surface area (Å²) in [5, 5.41) is 8.27. The number of hydrazine groups is 1. The maximum atomic E-state index is 5.57. The lowest BCUT2D eigenvalue weighted by atomic mass is 10.00. The molecular formula is C11H20N4. The third kappa shape index (κ3) is 2.97. The third-order valence-corrected chi connectivity index (χ3v) is 2.51. The minimum atomic E-state index is 0.194. The molecule has 0 aliphatic heterocycles. The number of aromatic nitrogens is 2. The molecule has 4 heteroatoms. The van der Waals surface area contributed by atoms with Crippen molar-refractivity contribution < 1.29 is 0 Å². The first-order chi connectivity index (χ1) is 7.22. The fourth-order valence-corrected chi connectivity index (χ4v) is 1.73. The van der Waals surface area contributed by atoms with Crippen LogP contribution >= 0.6 is 0 Å². The van der Waals surface area contributed by atoms with Crippen molar-refractivity contribution in [1.29, 1.82) is 0 Å². The van der Waals surface area contributed by atoms with E-state index in [1.165, 1.54) is 5.56 Å². The van der Waals surface area contributed by atoms with Crippen LogP contribution in [0.5, 0.6) is 0 Å². The topological polar surface area (TPSA) is 63.8 Å². The molecule has 0 saturated carbocycles. The molecule has 0 radical (unpaired) electrons. The Bertz CT molecular complexity index is 311. The second-order valence-corrected chi connectivity index (χ2v) is 3.75. The highest BCUT2D eigenvalue weighted by molar-refractivity contribution is 5.24. The fourth-order valence-electron chi connectivity index (χ4n) is 1.73. The Hall–Kier alpha value is -1.00. The molecule has 0 fully saturated rings. The van der Waals surface area contributed by atoms with Crippen molar-refractivity contribution in [3.05, 3.63) is 23.0 Å². The van der Waals surface area contributed by atoms with Crippen molar-refractivity contribution in [2.75, 3.05) is 0 Å². The molecule has 0 saturated heterocycles. The summed E-state index contributed by atoms with van der Waals surface area (Å²) in [6.07, 6.45) is 3.01. The summed E-state index contributed by atoms with van der Waals surface area (Å²) in [6.45, 7) is 6.19. The van der Waals surface area contributed by atoms with Gasteiger partial charge in [-0.25, -0.2) is 0 Å². The van der Waals surface area contributed by atoms with Crippen LogP contribution in [-0.2, 0) is 6.42 Å². The van der Waals surface area contributed by atoms with Gasteiger partial charge in [0.15, 0.2) is 0 Å². The van der Waals surface area contributed by atoms with E-state index in [0.717, 1.165) is 30.7 Å². The van der Waals surface area contributed by atoms with Gasteiger partial charge in [0, 0.05) is 6.04 Å². The highest BCUT2D eigenvalue weighted by Gasteiger charge is 2.14. The fraction of sp³-hybridized carbons (Fsp3) is 0.636. The van der Waals surface area contributed by atoms with Gasteiger partial charge in [-0.15, -0.1) is 0 Å². The summed E-state index contributed by atoms with van der Waals surface area (Å²) < 4.78 is 0. The molecule has 1 atom stereocenters. The van der Waals surface area contributed by atoms with Crippen LogP contribution in [0.3, 0.4) is 0 Å². The predicted octanol–water partition coefficient (Wildman–Crippen LogP) is 1.65. The first-order valence-electron chi connectivity index (χ1n) is 5.52. The van der Waals surface area contributed by atoms with Crippen LogP contribution in [-0.4, -0.2) is 10.2 Å². The number of nitrogens with one attached hydrogen (secondary N) is 1. The monoisotopic (exact) mass is 208 g/mol. The van der Waals surface area contributed by atoms with Crippen molar-refractivity contribution in [1.82, 2.24) is 15.6 Å². The van der Waals surface area contributed by atoms with E-state index in [9.17, 15) is 0 Å². The highest BCUT2D eigenvalue weighted by atomic mass is 15.2. The zero-order valence-corrected chi connectivity index (χ0v) is 9.75. The van der Waals surface area contributed by atoms with Gasteiger partial charge in [-0.3, -0.25) is 11.3 Å². The van der Waals surface area contributed by atoms with E-state index in [1.807, 2.05) is 6.92 Å². The van der Waals surface area contributed by atoms with Crippen molar-refractivity contribution in [3.63, 3.8) is 0 Å². The summed E-state index contributed by atoms with van der Waals surface area (Å²) in [6, 6.07) is 2.27. The van der Waals surface area contributed by atoms with E-state index in [4.69, 9.17) is 5.84 Å². The molecule has 1 aromatic heterocycles. The van der Waals surface area contributed by atoms with E-state index in [2.05, 4.69) is 35.5 Å². The van der Waals surface area contributed by atoms with Crippen LogP contribution < -0.4 is 11.3 Å². The lowest BCUT2D eigenvalue weighted by Crippen LogP contribution is -2.29. The first kappa shape index (κ1) is 12.1. The summed E-state index contributed by atoms with van der Waals surface area (Å²) in [4.78, 5) is 0. The summed E-state index contributed by atoms with van der Waals surface area (Å²) >= 11 is 0. The molecule has 0 aliphatic carbocycles. The van der Waals surface area contributed by atoms with Crippen LogP contribution in [0, 0.1) is 6.92 Å². The van der Waals surface area contributed by atoms with Crippen LogP contribution in [0.25, 0.3) is 0 Å². The summed E-state index contributed by atoms with van der Waals surface area (Å²) in [5.74, 6) is 5.57. The molecule has 0 aromatic carbocycles. The molecule has 84 valence electrons. The quantitative estimate of drug-likeness (QED) is 0.570. The van der Waals surface area contributed by atoms with Gasteiger partial charge >= 0.3 is 0 Å². The van der Waals surface area contributed by atoms with Gasteiger partial charge in [-0.1, -0.05) is 20.3 Å². The van der Waals surface area contributed by atoms with E-state index in [0.29, 0.717) is 0 Å². The smallest absolute Gasteiger partial charge is 0.0676 e. The van der Waals surface area contributed by atoms with Crippen molar-refractivity contribution in [2.24, 2.45) is 5.84 Å². The second-order valence-electron chi connectivity index (χ2n) is 3.75. The van der Waals surface area contributed by atoms with Gasteiger partial charge in [0.1, 0.15) is 0 Å². The van der Waals surface area contributed by atoms with E-state index >= 15 is 0 Å². The van der Waals surface area contributed by atoms with Gasteiger partial charge in [-0.2, -0.15) is 10.2 Å². The van der Waals surface area contributed by atoms with Crippen LogP contribution in [0.4, 0.5) is 0 Å². The molecule has 15 heavy (non-hydrogen) atoms. The van der Waals surface area contributed by atoms with Gasteiger partial charge in [-0.05, 0) is 31.4 Å². The van der Waals surface area contributed by atoms with Crippen LogP contribution in [0.15, 0.2) is 6.07 Å². The van der Waals surface area contributed by atoms with Crippen molar-refractivity contribution >= 4 is 0 Å².